The van der Waals surface area contributed by atoms with Crippen LogP contribution >= 0.6 is 0 Å². The van der Waals surface area contributed by atoms with Gasteiger partial charge in [0.05, 0.1) is 26.1 Å². The van der Waals surface area contributed by atoms with E-state index in [0.29, 0.717) is 29.0 Å². The van der Waals surface area contributed by atoms with Crippen LogP contribution in [0.2, 0.25) is 0 Å². The molecule has 2 aromatic carbocycles. The van der Waals surface area contributed by atoms with Crippen molar-refractivity contribution in [2.75, 3.05) is 31.2 Å². The van der Waals surface area contributed by atoms with Gasteiger partial charge in [0.1, 0.15) is 17.0 Å². The minimum Gasteiger partial charge on any atom is -0.378 e. The Morgan fingerprint density at radius 1 is 0.980 bits per heavy atom. The summed E-state index contributed by atoms with van der Waals surface area (Å²) in [4.78, 5) is 55.6. The molecule has 0 N–H and O–H groups in total. The first-order valence-corrected chi connectivity index (χ1v) is 16.6. The Balaban J connectivity index is 1.17. The van der Waals surface area contributed by atoms with Gasteiger partial charge in [0.2, 0.25) is 0 Å². The van der Waals surface area contributed by atoms with E-state index in [2.05, 4.69) is 39.1 Å². The Bertz CT molecular complexity index is 2190. The average molecular weight is 681 g/mol. The molecule has 0 unspecified atom stereocenters. The normalized spacial score (nSPS) is 13.5. The van der Waals surface area contributed by atoms with Crippen molar-refractivity contribution in [2.45, 2.75) is 52.6 Å². The lowest BCUT2D eigenvalue weighted by atomic mass is 10.0. The van der Waals surface area contributed by atoms with E-state index in [4.69, 9.17) is 9.72 Å². The van der Waals surface area contributed by atoms with E-state index in [9.17, 15) is 23.2 Å². The van der Waals surface area contributed by atoms with Crippen LogP contribution in [0.25, 0.3) is 17.1 Å². The molecule has 0 bridgehead atoms. The third kappa shape index (κ3) is 7.45. The molecular formula is C38H38F2N6O4. The molecule has 0 atom stereocenters. The van der Waals surface area contributed by atoms with Crippen molar-refractivity contribution in [3.8, 4) is 0 Å². The Labute approximate surface area is 287 Å². The molecule has 10 nitrogen and oxygen atoms in total. The van der Waals surface area contributed by atoms with Crippen LogP contribution in [0, 0.1) is 18.6 Å². The Hall–Kier alpha value is -5.36. The highest BCUT2D eigenvalue weighted by Gasteiger charge is 2.18. The molecule has 1 fully saturated rings. The Morgan fingerprint density at radius 3 is 2.44 bits per heavy atom. The number of halogens is 2. The third-order valence-electron chi connectivity index (χ3n) is 8.86. The zero-order chi connectivity index (χ0) is 35.4. The minimum absolute atomic E-state index is 0.00745. The van der Waals surface area contributed by atoms with Gasteiger partial charge in [-0.2, -0.15) is 0 Å². The lowest BCUT2D eigenvalue weighted by Crippen LogP contribution is -2.36. The first-order chi connectivity index (χ1) is 24.1. The fraction of sp³-hybridized carbons (Fsp3) is 0.316. The number of allylic oxidation sites excluding steroid dienone is 1. The fourth-order valence-corrected chi connectivity index (χ4v) is 6.12. The smallest absolute Gasteiger partial charge is 0.264 e. The highest BCUT2D eigenvalue weighted by Crippen LogP contribution is 2.23. The average Bonchev–Trinajstić information content (AvgIpc) is 3.11. The maximum absolute atomic E-state index is 13.8. The zero-order valence-corrected chi connectivity index (χ0v) is 28.2. The summed E-state index contributed by atoms with van der Waals surface area (Å²) in [5.41, 5.74) is 3.49. The SMILES string of the molecule is Cc1c(/C=C/CCC(=O)c2cncn(Cc3ccc(F)c(F)c3)c2=O)c(=O)n(C(C)C)c2nc(Cc3ccc(N4CCOCC4)cc3)ncc12. The van der Waals surface area contributed by atoms with Crippen molar-refractivity contribution in [3.63, 3.8) is 0 Å². The second kappa shape index (κ2) is 15.0. The topological polar surface area (TPSA) is 112 Å². The van der Waals surface area contributed by atoms with E-state index >= 15 is 0 Å². The number of rotatable bonds is 11. The summed E-state index contributed by atoms with van der Waals surface area (Å²) in [5.74, 6) is -1.81. The van der Waals surface area contributed by atoms with Gasteiger partial charge in [-0.05, 0) is 68.1 Å². The van der Waals surface area contributed by atoms with Crippen LogP contribution in [-0.2, 0) is 17.7 Å². The maximum atomic E-state index is 13.8. The van der Waals surface area contributed by atoms with Gasteiger partial charge >= 0.3 is 0 Å². The molecule has 0 spiro atoms. The molecule has 0 amide bonds. The number of Topliss-reactive ketones (excluding diaryl/α,β-unsaturated/α-hetero) is 1. The number of hydrogen-bond donors (Lipinski definition) is 0. The van der Waals surface area contributed by atoms with E-state index < -0.39 is 23.0 Å². The zero-order valence-electron chi connectivity index (χ0n) is 28.2. The molecule has 0 aliphatic carbocycles. The molecule has 1 aliphatic rings. The number of aromatic nitrogens is 5. The lowest BCUT2D eigenvalue weighted by Gasteiger charge is -2.28. The highest BCUT2D eigenvalue weighted by molar-refractivity contribution is 5.95. The number of nitrogens with zero attached hydrogens (tertiary/aromatic N) is 6. The quantitative estimate of drug-likeness (QED) is 0.164. The van der Waals surface area contributed by atoms with E-state index in [1.807, 2.05) is 20.8 Å². The van der Waals surface area contributed by atoms with Crippen molar-refractivity contribution < 1.29 is 18.3 Å². The van der Waals surface area contributed by atoms with Crippen molar-refractivity contribution in [3.05, 3.63) is 133 Å². The fourth-order valence-electron chi connectivity index (χ4n) is 6.12. The molecule has 0 radical (unpaired) electrons. The number of aryl methyl sites for hydroxylation is 1. The van der Waals surface area contributed by atoms with E-state index in [1.54, 1.807) is 22.9 Å². The standard InChI is InChI=1S/C38H38F2N6O4/c1-24(2)46-36-30(21-42-35(43-36)19-26-8-11-28(12-9-26)44-14-16-50-17-15-44)25(3)29(38(46)49)6-4-5-7-34(47)31-20-41-23-45(37(31)48)22-27-10-13-32(39)33(40)18-27/h4,6,8-13,18,20-21,23-24H,5,7,14-17,19,22H2,1-3H3/b6-4+. The Morgan fingerprint density at radius 2 is 1.72 bits per heavy atom. The molecule has 4 heterocycles. The Kier molecular flexibility index (Phi) is 10.4. The monoisotopic (exact) mass is 680 g/mol. The number of fused-ring (bicyclic) bond motifs is 1. The number of anilines is 1. The number of ether oxygens (including phenoxy) is 1. The van der Waals surface area contributed by atoms with Crippen LogP contribution in [0.1, 0.15) is 71.2 Å². The predicted octanol–water partition coefficient (Wildman–Crippen LogP) is 5.67. The van der Waals surface area contributed by atoms with Crippen LogP contribution in [0.5, 0.6) is 0 Å². The van der Waals surface area contributed by atoms with E-state index in [0.717, 1.165) is 60.6 Å². The summed E-state index contributed by atoms with van der Waals surface area (Å²) < 4.78 is 35.3. The van der Waals surface area contributed by atoms with Crippen LogP contribution in [0.15, 0.2) is 76.9 Å². The summed E-state index contributed by atoms with van der Waals surface area (Å²) in [7, 11) is 0. The molecule has 12 heteroatoms. The largest absolute Gasteiger partial charge is 0.378 e. The van der Waals surface area contributed by atoms with E-state index in [1.165, 1.54) is 23.2 Å². The summed E-state index contributed by atoms with van der Waals surface area (Å²) in [6.45, 7) is 8.85. The van der Waals surface area contributed by atoms with Gasteiger partial charge in [-0.25, -0.2) is 23.7 Å². The van der Waals surface area contributed by atoms with Gasteiger partial charge in [-0.1, -0.05) is 30.4 Å². The van der Waals surface area contributed by atoms with Crippen molar-refractivity contribution in [1.29, 1.82) is 0 Å². The maximum Gasteiger partial charge on any atom is 0.264 e. The van der Waals surface area contributed by atoms with Crippen LogP contribution in [0.4, 0.5) is 14.5 Å². The van der Waals surface area contributed by atoms with E-state index in [-0.39, 0.29) is 36.6 Å². The minimum atomic E-state index is -1.02. The summed E-state index contributed by atoms with van der Waals surface area (Å²) >= 11 is 0. The van der Waals surface area contributed by atoms with Crippen LogP contribution < -0.4 is 16.0 Å². The van der Waals surface area contributed by atoms with Crippen LogP contribution in [0.3, 0.4) is 0 Å². The molecule has 1 aliphatic heterocycles. The second-order valence-corrected chi connectivity index (χ2v) is 12.6. The molecule has 1 saturated heterocycles. The summed E-state index contributed by atoms with van der Waals surface area (Å²) in [6.07, 6.45) is 8.47. The van der Waals surface area contributed by atoms with Gasteiger partial charge in [-0.15, -0.1) is 0 Å². The number of pyridine rings is 1. The van der Waals surface area contributed by atoms with Crippen molar-refractivity contribution in [1.82, 2.24) is 24.1 Å². The number of hydrogen-bond acceptors (Lipinski definition) is 8. The first kappa shape index (κ1) is 34.5. The van der Waals surface area contributed by atoms with Gasteiger partial charge in [-0.3, -0.25) is 23.5 Å². The number of ketones is 1. The van der Waals surface area contributed by atoms with Crippen LogP contribution in [-0.4, -0.2) is 56.2 Å². The number of carbonyl (C=O) groups excluding carboxylic acids is 1. The molecule has 0 saturated carbocycles. The van der Waals surface area contributed by atoms with Gasteiger partial charge in [0, 0.05) is 61.0 Å². The molecule has 50 heavy (non-hydrogen) atoms. The van der Waals surface area contributed by atoms with Crippen molar-refractivity contribution >= 4 is 28.6 Å². The summed E-state index contributed by atoms with van der Waals surface area (Å²) in [5, 5.41) is 0.761. The second-order valence-electron chi connectivity index (χ2n) is 12.6. The molecule has 3 aromatic heterocycles. The predicted molar refractivity (Wildman–Crippen MR) is 188 cm³/mol. The molecule has 5 aromatic rings. The third-order valence-corrected chi connectivity index (χ3v) is 8.86. The first-order valence-electron chi connectivity index (χ1n) is 16.6. The molecular weight excluding hydrogens is 642 g/mol. The summed E-state index contributed by atoms with van der Waals surface area (Å²) in [6, 6.07) is 11.5. The van der Waals surface area contributed by atoms with Gasteiger partial charge < -0.3 is 9.64 Å². The molecule has 6 rings (SSSR count). The van der Waals surface area contributed by atoms with Gasteiger partial charge in [0.25, 0.3) is 11.1 Å². The molecule has 258 valence electrons. The van der Waals surface area contributed by atoms with Crippen molar-refractivity contribution in [2.24, 2.45) is 0 Å². The number of benzene rings is 2. The lowest BCUT2D eigenvalue weighted by molar-refractivity contribution is 0.0981. The van der Waals surface area contributed by atoms with Gasteiger partial charge in [0.15, 0.2) is 17.4 Å². The number of morpholine rings is 1. The number of carbonyl (C=O) groups is 1. The highest BCUT2D eigenvalue weighted by atomic mass is 19.2.